The van der Waals surface area contributed by atoms with Gasteiger partial charge in [0, 0.05) is 17.3 Å². The average Bonchev–Trinajstić information content (AvgIpc) is 2.68. The monoisotopic (exact) mass is 397 g/mol. The van der Waals surface area contributed by atoms with Crippen molar-refractivity contribution < 1.29 is 23.8 Å². The molecule has 0 aromatic heterocycles. The van der Waals surface area contributed by atoms with Crippen LogP contribution < -0.4 is 14.8 Å². The molecule has 6 heteroatoms. The van der Waals surface area contributed by atoms with Crippen LogP contribution in [0.4, 0.5) is 5.69 Å². The summed E-state index contributed by atoms with van der Waals surface area (Å²) in [5, 5.41) is 2.84. The van der Waals surface area contributed by atoms with Crippen LogP contribution in [-0.4, -0.2) is 32.2 Å². The highest BCUT2D eigenvalue weighted by atomic mass is 16.5. The fourth-order valence-electron chi connectivity index (χ4n) is 3.00. The molecular weight excluding hydrogens is 370 g/mol. The second-order valence-electron chi connectivity index (χ2n) is 6.78. The summed E-state index contributed by atoms with van der Waals surface area (Å²) < 4.78 is 15.7. The third-order valence-electron chi connectivity index (χ3n) is 4.42. The zero-order chi connectivity index (χ0) is 21.6. The molecule has 0 aliphatic carbocycles. The third kappa shape index (κ3) is 5.85. The van der Waals surface area contributed by atoms with E-state index in [4.69, 9.17) is 14.2 Å². The van der Waals surface area contributed by atoms with E-state index in [0.29, 0.717) is 17.1 Å². The molecule has 1 amide bonds. The number of amides is 1. The van der Waals surface area contributed by atoms with Crippen molar-refractivity contribution in [3.8, 4) is 11.5 Å². The Morgan fingerprint density at radius 2 is 1.66 bits per heavy atom. The van der Waals surface area contributed by atoms with Gasteiger partial charge >= 0.3 is 5.97 Å². The smallest absolute Gasteiger partial charge is 0.331 e. The van der Waals surface area contributed by atoms with Gasteiger partial charge in [-0.25, -0.2) is 4.79 Å². The summed E-state index contributed by atoms with van der Waals surface area (Å²) in [4.78, 5) is 24.6. The number of ether oxygens (including phenoxy) is 3. The summed E-state index contributed by atoms with van der Waals surface area (Å²) in [5.41, 5.74) is 4.43. The fraction of sp³-hybridized carbons (Fsp3) is 0.304. The van der Waals surface area contributed by atoms with Gasteiger partial charge in [0.05, 0.1) is 14.2 Å². The van der Waals surface area contributed by atoms with E-state index in [1.165, 1.54) is 13.0 Å². The lowest BCUT2D eigenvalue weighted by Crippen LogP contribution is -2.30. The Morgan fingerprint density at radius 1 is 1.00 bits per heavy atom. The topological polar surface area (TPSA) is 73.9 Å². The largest absolute Gasteiger partial charge is 0.497 e. The summed E-state index contributed by atoms with van der Waals surface area (Å²) in [6, 6.07) is 9.22. The molecule has 0 unspecified atom stereocenters. The van der Waals surface area contributed by atoms with Crippen molar-refractivity contribution in [2.45, 2.75) is 33.8 Å². The van der Waals surface area contributed by atoms with Gasteiger partial charge in [-0.15, -0.1) is 0 Å². The minimum atomic E-state index is -0.945. The second kappa shape index (κ2) is 9.78. The summed E-state index contributed by atoms with van der Waals surface area (Å²) in [7, 11) is 3.10. The highest BCUT2D eigenvalue weighted by molar-refractivity contribution is 5.97. The van der Waals surface area contributed by atoms with E-state index in [-0.39, 0.29) is 5.91 Å². The van der Waals surface area contributed by atoms with E-state index >= 15 is 0 Å². The van der Waals surface area contributed by atoms with E-state index < -0.39 is 12.1 Å². The molecule has 1 N–H and O–H groups in total. The summed E-state index contributed by atoms with van der Waals surface area (Å²) in [6.45, 7) is 7.39. The van der Waals surface area contributed by atoms with Gasteiger partial charge in [0.25, 0.3) is 5.91 Å². The van der Waals surface area contributed by atoms with Gasteiger partial charge in [-0.1, -0.05) is 17.7 Å². The van der Waals surface area contributed by atoms with Gasteiger partial charge < -0.3 is 19.5 Å². The number of methoxy groups -OCH3 is 2. The number of hydrogen-bond donors (Lipinski definition) is 1. The number of benzene rings is 2. The molecule has 0 aliphatic rings. The van der Waals surface area contributed by atoms with Crippen LogP contribution in [0, 0.1) is 20.8 Å². The minimum Gasteiger partial charge on any atom is -0.497 e. The van der Waals surface area contributed by atoms with Gasteiger partial charge in [0.2, 0.25) is 0 Å². The van der Waals surface area contributed by atoms with Crippen LogP contribution in [0.25, 0.3) is 6.08 Å². The second-order valence-corrected chi connectivity index (χ2v) is 6.78. The summed E-state index contributed by atoms with van der Waals surface area (Å²) >= 11 is 0. The van der Waals surface area contributed by atoms with Crippen molar-refractivity contribution >= 4 is 23.6 Å². The van der Waals surface area contributed by atoms with Gasteiger partial charge in [-0.05, 0) is 63.1 Å². The number of rotatable bonds is 7. The third-order valence-corrected chi connectivity index (χ3v) is 4.42. The number of esters is 1. The first-order chi connectivity index (χ1) is 13.7. The van der Waals surface area contributed by atoms with Crippen molar-refractivity contribution in [3.63, 3.8) is 0 Å². The molecule has 0 spiro atoms. The first-order valence-electron chi connectivity index (χ1n) is 9.24. The van der Waals surface area contributed by atoms with Gasteiger partial charge in [0.15, 0.2) is 6.10 Å². The highest BCUT2D eigenvalue weighted by Gasteiger charge is 2.18. The molecule has 2 aromatic rings. The number of hydrogen-bond acceptors (Lipinski definition) is 5. The Labute approximate surface area is 171 Å². The number of anilines is 1. The van der Waals surface area contributed by atoms with Crippen molar-refractivity contribution in [3.05, 3.63) is 58.7 Å². The number of aryl methyl sites for hydroxylation is 3. The van der Waals surface area contributed by atoms with E-state index in [1.54, 1.807) is 38.5 Å². The standard InChI is InChI=1S/C23H27NO5/c1-14-11-15(2)22(16(3)12-14)24-23(26)17(4)29-21(25)10-7-18-13-19(27-5)8-9-20(18)28-6/h7-13,17H,1-6H3,(H,24,26)/b10-7+/t17-/m1/s1. The Morgan fingerprint density at radius 3 is 2.24 bits per heavy atom. The first kappa shape index (κ1) is 22.0. The molecule has 0 bridgehead atoms. The molecule has 2 rings (SSSR count). The van der Waals surface area contributed by atoms with Crippen molar-refractivity contribution in [2.24, 2.45) is 0 Å². The zero-order valence-electron chi connectivity index (χ0n) is 17.7. The maximum Gasteiger partial charge on any atom is 0.331 e. The molecule has 2 aromatic carbocycles. The number of carbonyl (C=O) groups excluding carboxylic acids is 2. The van der Waals surface area contributed by atoms with E-state index in [1.807, 2.05) is 32.9 Å². The molecule has 154 valence electrons. The zero-order valence-corrected chi connectivity index (χ0v) is 17.7. The summed E-state index contributed by atoms with van der Waals surface area (Å²) in [5.74, 6) is 0.206. The Bertz CT molecular complexity index is 910. The minimum absolute atomic E-state index is 0.388. The van der Waals surface area contributed by atoms with Crippen LogP contribution >= 0.6 is 0 Å². The molecule has 0 aliphatic heterocycles. The van der Waals surface area contributed by atoms with Crippen LogP contribution in [0.5, 0.6) is 11.5 Å². The Hall–Kier alpha value is -3.28. The molecular formula is C23H27NO5. The predicted molar refractivity (Wildman–Crippen MR) is 113 cm³/mol. The molecule has 1 atom stereocenters. The average molecular weight is 397 g/mol. The van der Waals surface area contributed by atoms with Gasteiger partial charge in [-0.2, -0.15) is 0 Å². The molecule has 0 saturated heterocycles. The first-order valence-corrected chi connectivity index (χ1v) is 9.24. The number of nitrogens with one attached hydrogen (secondary N) is 1. The maximum atomic E-state index is 12.4. The van der Waals surface area contributed by atoms with Crippen molar-refractivity contribution in [1.29, 1.82) is 0 Å². The van der Waals surface area contributed by atoms with Crippen LogP contribution in [0.2, 0.25) is 0 Å². The molecule has 6 nitrogen and oxygen atoms in total. The fourth-order valence-corrected chi connectivity index (χ4v) is 3.00. The molecule has 0 saturated carbocycles. The van der Waals surface area contributed by atoms with Gasteiger partial charge in [-0.3, -0.25) is 4.79 Å². The van der Waals surface area contributed by atoms with E-state index in [0.717, 1.165) is 22.4 Å². The Kier molecular flexibility index (Phi) is 7.42. The van der Waals surface area contributed by atoms with Crippen molar-refractivity contribution in [2.75, 3.05) is 19.5 Å². The molecule has 0 heterocycles. The normalized spacial score (nSPS) is 11.8. The van der Waals surface area contributed by atoms with Crippen LogP contribution in [0.3, 0.4) is 0 Å². The summed E-state index contributed by atoms with van der Waals surface area (Å²) in [6.07, 6.45) is 1.87. The lowest BCUT2D eigenvalue weighted by molar-refractivity contribution is -0.148. The van der Waals surface area contributed by atoms with Gasteiger partial charge in [0.1, 0.15) is 11.5 Å². The highest BCUT2D eigenvalue weighted by Crippen LogP contribution is 2.25. The SMILES string of the molecule is COc1ccc(OC)c(/C=C/C(=O)O[C@H](C)C(=O)Nc2c(C)cc(C)cc2C)c1. The van der Waals surface area contributed by atoms with Crippen LogP contribution in [-0.2, 0) is 14.3 Å². The molecule has 29 heavy (non-hydrogen) atoms. The lowest BCUT2D eigenvalue weighted by atomic mass is 10.0. The van der Waals surface area contributed by atoms with E-state index in [9.17, 15) is 9.59 Å². The quantitative estimate of drug-likeness (QED) is 0.560. The predicted octanol–water partition coefficient (Wildman–Crippen LogP) is 4.21. The molecule has 0 fully saturated rings. The maximum absolute atomic E-state index is 12.4. The van der Waals surface area contributed by atoms with Crippen molar-refractivity contribution in [1.82, 2.24) is 0 Å². The lowest BCUT2D eigenvalue weighted by Gasteiger charge is -2.16. The van der Waals surface area contributed by atoms with Crippen LogP contribution in [0.1, 0.15) is 29.2 Å². The van der Waals surface area contributed by atoms with E-state index in [2.05, 4.69) is 5.32 Å². The van der Waals surface area contributed by atoms with Crippen LogP contribution in [0.15, 0.2) is 36.4 Å². The number of carbonyl (C=O) groups is 2. The molecule has 0 radical (unpaired) electrons. The Balaban J connectivity index is 2.04.